The van der Waals surface area contributed by atoms with Crippen LogP contribution in [0.2, 0.25) is 0 Å². The summed E-state index contributed by atoms with van der Waals surface area (Å²) in [7, 11) is 0. The fourth-order valence-electron chi connectivity index (χ4n) is 3.76. The Bertz CT molecular complexity index is 690. The molecule has 0 aliphatic carbocycles. The maximum Gasteiger partial charge on any atom is 0.288 e. The lowest BCUT2D eigenvalue weighted by atomic mass is 9.94. The van der Waals surface area contributed by atoms with Gasteiger partial charge in [0, 0.05) is 13.1 Å². The van der Waals surface area contributed by atoms with E-state index in [1.807, 2.05) is 0 Å². The van der Waals surface area contributed by atoms with Gasteiger partial charge < -0.3 is 9.64 Å². The number of ether oxygens (including phenoxy) is 1. The number of piperidine rings is 1. The highest BCUT2D eigenvalue weighted by molar-refractivity contribution is 5.85. The molecule has 0 N–H and O–H groups in total. The topological polar surface area (TPSA) is 24.8 Å². The van der Waals surface area contributed by atoms with Crippen LogP contribution in [0.5, 0.6) is 0 Å². The number of halogens is 1. The zero-order chi connectivity index (χ0) is 16.2. The molecule has 4 heteroatoms. The van der Waals surface area contributed by atoms with Crippen LogP contribution in [-0.4, -0.2) is 30.1 Å². The second-order valence-corrected chi connectivity index (χ2v) is 6.61. The van der Waals surface area contributed by atoms with Gasteiger partial charge >= 0.3 is 0 Å². The first-order valence-electron chi connectivity index (χ1n) is 8.98. The van der Waals surface area contributed by atoms with Gasteiger partial charge in [0.25, 0.3) is 6.02 Å². The van der Waals surface area contributed by atoms with Gasteiger partial charge in [-0.2, -0.15) is 0 Å². The fourth-order valence-corrected chi connectivity index (χ4v) is 3.76. The summed E-state index contributed by atoms with van der Waals surface area (Å²) in [5.74, 6) is 0. The number of hydrogen-bond acceptors (Lipinski definition) is 2. The van der Waals surface area contributed by atoms with Crippen LogP contribution in [0.25, 0.3) is 0 Å². The average Bonchev–Trinajstić information content (AvgIpc) is 3.02. The summed E-state index contributed by atoms with van der Waals surface area (Å²) in [5, 5.41) is 0. The highest BCUT2D eigenvalue weighted by Crippen LogP contribution is 2.37. The summed E-state index contributed by atoms with van der Waals surface area (Å²) < 4.78 is 6.31. The Morgan fingerprint density at radius 1 is 0.960 bits per heavy atom. The van der Waals surface area contributed by atoms with Gasteiger partial charge in [0.1, 0.15) is 6.10 Å². The van der Waals surface area contributed by atoms with Gasteiger partial charge in [-0.25, -0.2) is 4.99 Å². The largest absolute Gasteiger partial charge is 0.455 e. The maximum atomic E-state index is 6.31. The summed E-state index contributed by atoms with van der Waals surface area (Å²) in [6, 6.07) is 22.4. The molecule has 4 rings (SSSR count). The molecule has 0 spiro atoms. The van der Waals surface area contributed by atoms with Crippen molar-refractivity contribution in [3.05, 3.63) is 71.8 Å². The Morgan fingerprint density at radius 2 is 1.68 bits per heavy atom. The van der Waals surface area contributed by atoms with E-state index in [0.717, 1.165) is 25.5 Å². The van der Waals surface area contributed by atoms with Gasteiger partial charge in [-0.05, 0) is 36.8 Å². The summed E-state index contributed by atoms with van der Waals surface area (Å²) >= 11 is 0. The molecule has 2 aromatic rings. The molecule has 3 nitrogen and oxygen atoms in total. The Kier molecular flexibility index (Phi) is 5.98. The van der Waals surface area contributed by atoms with Crippen molar-refractivity contribution >= 4 is 18.4 Å². The third-order valence-electron chi connectivity index (χ3n) is 5.00. The second-order valence-electron chi connectivity index (χ2n) is 6.61. The summed E-state index contributed by atoms with van der Waals surface area (Å²) in [6.07, 6.45) is 4.80. The minimum Gasteiger partial charge on any atom is -0.455 e. The van der Waals surface area contributed by atoms with E-state index in [0.29, 0.717) is 6.04 Å². The van der Waals surface area contributed by atoms with E-state index in [9.17, 15) is 0 Å². The molecule has 132 valence electrons. The molecule has 2 atom stereocenters. The molecule has 0 saturated carbocycles. The molecular weight excluding hydrogens is 332 g/mol. The van der Waals surface area contributed by atoms with Crippen LogP contribution >= 0.6 is 12.4 Å². The third kappa shape index (κ3) is 3.98. The van der Waals surface area contributed by atoms with Crippen LogP contribution in [-0.2, 0) is 11.2 Å². The van der Waals surface area contributed by atoms with Crippen LogP contribution in [0.15, 0.2) is 65.7 Å². The predicted octanol–water partition coefficient (Wildman–Crippen LogP) is 4.63. The molecule has 2 saturated heterocycles. The number of hydrogen-bond donors (Lipinski definition) is 0. The van der Waals surface area contributed by atoms with E-state index >= 15 is 0 Å². The lowest BCUT2D eigenvalue weighted by molar-refractivity contribution is 0.168. The van der Waals surface area contributed by atoms with E-state index in [2.05, 4.69) is 65.6 Å². The van der Waals surface area contributed by atoms with Crippen molar-refractivity contribution in [3.63, 3.8) is 0 Å². The van der Waals surface area contributed by atoms with Crippen LogP contribution in [0.1, 0.15) is 36.5 Å². The lowest BCUT2D eigenvalue weighted by Gasteiger charge is -2.30. The van der Waals surface area contributed by atoms with Gasteiger partial charge in [0.2, 0.25) is 0 Å². The number of rotatable bonds is 4. The number of aliphatic imine (C=N–C) groups is 1. The summed E-state index contributed by atoms with van der Waals surface area (Å²) in [6.45, 7) is 1.85. The number of amidine groups is 1. The summed E-state index contributed by atoms with van der Waals surface area (Å²) in [5.41, 5.74) is 2.59. The predicted molar refractivity (Wildman–Crippen MR) is 104 cm³/mol. The van der Waals surface area contributed by atoms with E-state index in [1.165, 1.54) is 30.4 Å². The normalized spacial score (nSPS) is 23.7. The zero-order valence-electron chi connectivity index (χ0n) is 14.4. The Morgan fingerprint density at radius 3 is 2.44 bits per heavy atom. The molecule has 0 bridgehead atoms. The molecule has 2 aliphatic heterocycles. The fraction of sp³-hybridized carbons (Fsp3) is 0.381. The van der Waals surface area contributed by atoms with Gasteiger partial charge in [0.15, 0.2) is 0 Å². The maximum absolute atomic E-state index is 6.31. The van der Waals surface area contributed by atoms with Gasteiger partial charge in [-0.15, -0.1) is 12.4 Å². The minimum atomic E-state index is 0. The van der Waals surface area contributed by atoms with E-state index in [-0.39, 0.29) is 18.5 Å². The number of fused-ring (bicyclic) bond motifs is 1. The standard InChI is InChI=1S/C21H24N2O.ClH/c1-3-9-17(10-4-1)14-15-22-21-23-16-8-7-13-19(23)20(24-21)18-11-5-2-6-12-18;/h1-6,9-12,19-20H,7-8,13-16H2;1H. The van der Waals surface area contributed by atoms with Crippen LogP contribution in [0.3, 0.4) is 0 Å². The Labute approximate surface area is 156 Å². The van der Waals surface area contributed by atoms with Gasteiger partial charge in [0.05, 0.1) is 6.04 Å². The molecule has 2 aromatic carbocycles. The first-order chi connectivity index (χ1) is 11.9. The molecule has 0 amide bonds. The van der Waals surface area contributed by atoms with Crippen LogP contribution in [0.4, 0.5) is 0 Å². The molecule has 0 aromatic heterocycles. The summed E-state index contributed by atoms with van der Waals surface area (Å²) in [4.78, 5) is 7.19. The number of benzene rings is 2. The minimum absolute atomic E-state index is 0. The SMILES string of the molecule is Cl.c1ccc(CCN=C2OC(c3ccccc3)C3CCCCN23)cc1. The van der Waals surface area contributed by atoms with Crippen molar-refractivity contribution in [1.29, 1.82) is 0 Å². The molecule has 2 fully saturated rings. The third-order valence-corrected chi connectivity index (χ3v) is 5.00. The quantitative estimate of drug-likeness (QED) is 0.797. The smallest absolute Gasteiger partial charge is 0.288 e. The van der Waals surface area contributed by atoms with E-state index in [4.69, 9.17) is 9.73 Å². The molecule has 2 heterocycles. The molecule has 2 aliphatic rings. The van der Waals surface area contributed by atoms with Crippen molar-refractivity contribution < 1.29 is 4.74 Å². The highest BCUT2D eigenvalue weighted by Gasteiger charge is 2.41. The van der Waals surface area contributed by atoms with Gasteiger partial charge in [-0.1, -0.05) is 60.7 Å². The monoisotopic (exact) mass is 356 g/mol. The molecule has 2 unspecified atom stereocenters. The second kappa shape index (κ2) is 8.39. The Hall–Kier alpha value is -2.00. The van der Waals surface area contributed by atoms with Crippen molar-refractivity contribution in [2.45, 2.75) is 37.8 Å². The molecule has 0 radical (unpaired) electrons. The number of nitrogens with zero attached hydrogens (tertiary/aromatic N) is 2. The van der Waals surface area contributed by atoms with Crippen molar-refractivity contribution in [2.75, 3.05) is 13.1 Å². The first-order valence-corrected chi connectivity index (χ1v) is 8.98. The van der Waals surface area contributed by atoms with E-state index < -0.39 is 0 Å². The lowest BCUT2D eigenvalue weighted by Crippen LogP contribution is -2.39. The molecular formula is C21H25ClN2O. The van der Waals surface area contributed by atoms with Crippen molar-refractivity contribution in [1.82, 2.24) is 4.90 Å². The van der Waals surface area contributed by atoms with Crippen molar-refractivity contribution in [3.8, 4) is 0 Å². The molecule has 25 heavy (non-hydrogen) atoms. The van der Waals surface area contributed by atoms with Gasteiger partial charge in [-0.3, -0.25) is 0 Å². The average molecular weight is 357 g/mol. The Balaban J connectivity index is 0.00000182. The first kappa shape index (κ1) is 17.8. The van der Waals surface area contributed by atoms with Crippen molar-refractivity contribution in [2.24, 2.45) is 4.99 Å². The van der Waals surface area contributed by atoms with E-state index in [1.54, 1.807) is 0 Å². The highest BCUT2D eigenvalue weighted by atomic mass is 35.5. The van der Waals surface area contributed by atoms with Crippen LogP contribution in [0, 0.1) is 0 Å². The van der Waals surface area contributed by atoms with Crippen LogP contribution < -0.4 is 0 Å². The zero-order valence-corrected chi connectivity index (χ0v) is 15.2.